The summed E-state index contributed by atoms with van der Waals surface area (Å²) in [5.41, 5.74) is -0.697. The van der Waals surface area contributed by atoms with E-state index in [1.165, 1.54) is 19.1 Å². The zero-order valence-electron chi connectivity index (χ0n) is 18.6. The van der Waals surface area contributed by atoms with Gasteiger partial charge in [0.2, 0.25) is 11.8 Å². The van der Waals surface area contributed by atoms with Crippen LogP contribution in [-0.2, 0) is 14.4 Å². The second kappa shape index (κ2) is 8.37. The summed E-state index contributed by atoms with van der Waals surface area (Å²) in [7, 11) is 3.03. The minimum Gasteiger partial charge on any atom is -0.496 e. The van der Waals surface area contributed by atoms with E-state index < -0.39 is 41.9 Å². The van der Waals surface area contributed by atoms with Crippen LogP contribution in [0.4, 0.5) is 0 Å². The summed E-state index contributed by atoms with van der Waals surface area (Å²) in [6.07, 6.45) is 4.35. The number of carboxylic acids is 1. The number of amides is 2. The average molecular weight is 447 g/mol. The highest BCUT2D eigenvalue weighted by Crippen LogP contribution is 2.52. The number of aliphatic hydroxyl groups is 1. The number of ether oxygens (including phenoxy) is 2. The number of nitrogens with one attached hydrogen (secondary N) is 1. The van der Waals surface area contributed by atoms with Crippen molar-refractivity contribution in [2.75, 3.05) is 20.8 Å². The van der Waals surface area contributed by atoms with Crippen LogP contribution in [-0.4, -0.2) is 65.3 Å². The summed E-state index contributed by atoms with van der Waals surface area (Å²) >= 11 is 0. The number of benzene rings is 1. The fourth-order valence-electron chi connectivity index (χ4n) is 5.83. The number of carbonyl (C=O) groups excluding carboxylic acids is 2. The Kier molecular flexibility index (Phi) is 5.89. The van der Waals surface area contributed by atoms with Gasteiger partial charge in [-0.2, -0.15) is 0 Å². The molecule has 1 aromatic rings. The van der Waals surface area contributed by atoms with Crippen molar-refractivity contribution in [3.8, 4) is 11.5 Å². The smallest absolute Gasteiger partial charge is 0.327 e. The Morgan fingerprint density at radius 1 is 1.16 bits per heavy atom. The molecule has 1 aliphatic carbocycles. The maximum Gasteiger partial charge on any atom is 0.327 e. The van der Waals surface area contributed by atoms with E-state index in [0.29, 0.717) is 22.6 Å². The Labute approximate surface area is 186 Å². The molecule has 2 saturated heterocycles. The molecule has 0 radical (unpaired) electrons. The van der Waals surface area contributed by atoms with E-state index in [9.17, 15) is 24.6 Å². The van der Waals surface area contributed by atoms with Crippen molar-refractivity contribution in [2.24, 2.45) is 11.8 Å². The molecule has 4 rings (SSSR count). The van der Waals surface area contributed by atoms with Gasteiger partial charge in [-0.1, -0.05) is 25.3 Å². The van der Waals surface area contributed by atoms with Crippen LogP contribution >= 0.6 is 0 Å². The number of hydrogen-bond donors (Lipinski definition) is 3. The first-order valence-electron chi connectivity index (χ1n) is 11.0. The molecule has 9 nitrogen and oxygen atoms in total. The molecule has 2 aliphatic heterocycles. The monoisotopic (exact) mass is 446 g/mol. The van der Waals surface area contributed by atoms with Crippen LogP contribution in [0.1, 0.15) is 49.3 Å². The van der Waals surface area contributed by atoms with Crippen LogP contribution in [0.15, 0.2) is 12.1 Å². The number of imide groups is 1. The van der Waals surface area contributed by atoms with Crippen molar-refractivity contribution in [2.45, 2.75) is 56.7 Å². The Balaban J connectivity index is 1.84. The summed E-state index contributed by atoms with van der Waals surface area (Å²) in [5, 5.41) is 23.2. The number of carboxylic acid groups (broad SMARTS) is 1. The van der Waals surface area contributed by atoms with Gasteiger partial charge in [0, 0.05) is 23.2 Å². The number of aliphatic carboxylic acids is 1. The van der Waals surface area contributed by atoms with Gasteiger partial charge in [0.1, 0.15) is 11.5 Å². The maximum absolute atomic E-state index is 13.6. The molecule has 2 heterocycles. The lowest BCUT2D eigenvalue weighted by Crippen LogP contribution is -2.59. The Bertz CT molecular complexity index is 943. The molecule has 0 spiro atoms. The van der Waals surface area contributed by atoms with Crippen LogP contribution in [0.3, 0.4) is 0 Å². The quantitative estimate of drug-likeness (QED) is 0.560. The zero-order valence-corrected chi connectivity index (χ0v) is 18.6. The van der Waals surface area contributed by atoms with Gasteiger partial charge in [-0.15, -0.1) is 0 Å². The van der Waals surface area contributed by atoms with Gasteiger partial charge in [0.15, 0.2) is 5.54 Å². The van der Waals surface area contributed by atoms with E-state index in [0.717, 1.165) is 32.1 Å². The van der Waals surface area contributed by atoms with Crippen molar-refractivity contribution < 1.29 is 34.1 Å². The highest BCUT2D eigenvalue weighted by Gasteiger charge is 2.69. The normalized spacial score (nSPS) is 30.5. The fourth-order valence-corrected chi connectivity index (χ4v) is 5.83. The van der Waals surface area contributed by atoms with E-state index >= 15 is 0 Å². The SMILES string of the molecule is COc1ccc(C2NC(CO)(C(=O)O)C3C(=O)N(C4CCCCC4)C(=O)C23)c(OC)c1C. The van der Waals surface area contributed by atoms with Crippen LogP contribution in [0.25, 0.3) is 0 Å². The Morgan fingerprint density at radius 3 is 2.41 bits per heavy atom. The highest BCUT2D eigenvalue weighted by molar-refractivity contribution is 6.09. The molecule has 32 heavy (non-hydrogen) atoms. The third-order valence-corrected chi connectivity index (χ3v) is 7.40. The number of nitrogens with zero attached hydrogens (tertiary/aromatic N) is 1. The van der Waals surface area contributed by atoms with Crippen LogP contribution in [0.2, 0.25) is 0 Å². The van der Waals surface area contributed by atoms with E-state index in [2.05, 4.69) is 5.32 Å². The lowest BCUT2D eigenvalue weighted by Gasteiger charge is -2.34. The Hall–Kier alpha value is -2.65. The number of rotatable bonds is 6. The second-order valence-electron chi connectivity index (χ2n) is 8.91. The van der Waals surface area contributed by atoms with E-state index in [-0.39, 0.29) is 11.9 Å². The van der Waals surface area contributed by atoms with Crippen molar-refractivity contribution >= 4 is 17.8 Å². The van der Waals surface area contributed by atoms with E-state index in [1.54, 1.807) is 19.1 Å². The minimum absolute atomic E-state index is 0.223. The molecule has 9 heteroatoms. The molecule has 4 unspecified atom stereocenters. The molecule has 3 N–H and O–H groups in total. The van der Waals surface area contributed by atoms with Crippen molar-refractivity contribution in [3.63, 3.8) is 0 Å². The number of aliphatic hydroxyl groups excluding tert-OH is 1. The molecular formula is C23H30N2O7. The largest absolute Gasteiger partial charge is 0.496 e. The molecular weight excluding hydrogens is 416 g/mol. The number of carbonyl (C=O) groups is 3. The van der Waals surface area contributed by atoms with Gasteiger partial charge in [-0.3, -0.25) is 24.6 Å². The van der Waals surface area contributed by atoms with Crippen molar-refractivity contribution in [1.82, 2.24) is 10.2 Å². The topological polar surface area (TPSA) is 125 Å². The van der Waals surface area contributed by atoms with Gasteiger partial charge in [-0.05, 0) is 25.8 Å². The fraction of sp³-hybridized carbons (Fsp3) is 0.609. The van der Waals surface area contributed by atoms with Gasteiger partial charge in [-0.25, -0.2) is 0 Å². The second-order valence-corrected chi connectivity index (χ2v) is 8.91. The standard InChI is InChI=1S/C23H30N2O7/c1-12-15(31-2)10-9-14(19(12)32-3)18-16-17(23(11-26,24-18)22(29)30)21(28)25(20(16)27)13-7-5-4-6-8-13/h9-10,13,16-18,24,26H,4-8,11H2,1-3H3,(H,29,30). The number of fused-ring (bicyclic) bond motifs is 1. The molecule has 1 saturated carbocycles. The zero-order chi connectivity index (χ0) is 23.2. The van der Waals surface area contributed by atoms with Gasteiger partial charge >= 0.3 is 5.97 Å². The number of likely N-dealkylation sites (tertiary alicyclic amines) is 1. The van der Waals surface area contributed by atoms with E-state index in [1.807, 2.05) is 0 Å². The molecule has 3 fully saturated rings. The lowest BCUT2D eigenvalue weighted by molar-refractivity contribution is -0.154. The lowest BCUT2D eigenvalue weighted by atomic mass is 9.79. The van der Waals surface area contributed by atoms with Crippen molar-refractivity contribution in [3.05, 3.63) is 23.3 Å². The molecule has 3 aliphatic rings. The minimum atomic E-state index is -1.95. The highest BCUT2D eigenvalue weighted by atomic mass is 16.5. The average Bonchev–Trinajstić information content (AvgIpc) is 3.28. The third-order valence-electron chi connectivity index (χ3n) is 7.40. The predicted octanol–water partition coefficient (Wildman–Crippen LogP) is 1.41. The first-order chi connectivity index (χ1) is 15.3. The third kappa shape index (κ3) is 3.09. The summed E-state index contributed by atoms with van der Waals surface area (Å²) < 4.78 is 11.0. The molecule has 2 amide bonds. The summed E-state index contributed by atoms with van der Waals surface area (Å²) in [4.78, 5) is 40.8. The van der Waals surface area contributed by atoms with E-state index in [4.69, 9.17) is 9.47 Å². The first-order valence-corrected chi connectivity index (χ1v) is 11.0. The Morgan fingerprint density at radius 2 is 1.84 bits per heavy atom. The summed E-state index contributed by atoms with van der Waals surface area (Å²) in [6.45, 7) is 0.995. The van der Waals surface area contributed by atoms with Crippen molar-refractivity contribution in [1.29, 1.82) is 0 Å². The molecule has 1 aromatic carbocycles. The maximum atomic E-state index is 13.6. The van der Waals surface area contributed by atoms with Gasteiger partial charge < -0.3 is 19.7 Å². The number of methoxy groups -OCH3 is 2. The van der Waals surface area contributed by atoms with Crippen LogP contribution in [0.5, 0.6) is 11.5 Å². The molecule has 0 bridgehead atoms. The molecule has 174 valence electrons. The van der Waals surface area contributed by atoms with Gasteiger partial charge in [0.25, 0.3) is 0 Å². The summed E-state index contributed by atoms with van der Waals surface area (Å²) in [5.74, 6) is -3.35. The van der Waals surface area contributed by atoms with Gasteiger partial charge in [0.05, 0.1) is 32.7 Å². The van der Waals surface area contributed by atoms with Crippen LogP contribution < -0.4 is 14.8 Å². The predicted molar refractivity (Wildman–Crippen MR) is 113 cm³/mol. The van der Waals surface area contributed by atoms with Crippen LogP contribution in [0, 0.1) is 18.8 Å². The molecule has 4 atom stereocenters. The molecule has 0 aromatic heterocycles. The number of hydrogen-bond acceptors (Lipinski definition) is 7. The first kappa shape index (κ1) is 22.5. The summed E-state index contributed by atoms with van der Waals surface area (Å²) in [6, 6.07) is 2.41.